The van der Waals surface area contributed by atoms with Crippen LogP contribution in [-0.2, 0) is 13.1 Å². The lowest BCUT2D eigenvalue weighted by molar-refractivity contribution is 0.475. The summed E-state index contributed by atoms with van der Waals surface area (Å²) >= 11 is 0. The number of H-pyrrole nitrogens is 1. The number of aliphatic imine (C=N–C) groups is 1. The Morgan fingerprint density at radius 3 is 2.86 bits per heavy atom. The van der Waals surface area contributed by atoms with Gasteiger partial charge in [-0.25, -0.2) is 9.67 Å². The third kappa shape index (κ3) is 4.34. The van der Waals surface area contributed by atoms with Crippen molar-refractivity contribution in [3.8, 4) is 17.3 Å². The van der Waals surface area contributed by atoms with E-state index in [4.69, 9.17) is 4.42 Å². The smallest absolute Gasteiger partial charge is 0.216 e. The van der Waals surface area contributed by atoms with E-state index in [9.17, 15) is 0 Å². The molecule has 4 rings (SSSR count). The summed E-state index contributed by atoms with van der Waals surface area (Å²) in [7, 11) is 3.73. The Balaban J connectivity index is 1.35. The second-order valence-electron chi connectivity index (χ2n) is 6.47. The van der Waals surface area contributed by atoms with Gasteiger partial charge in [0.15, 0.2) is 11.7 Å². The molecule has 0 fully saturated rings. The molecule has 0 aliphatic heterocycles. The van der Waals surface area contributed by atoms with Crippen LogP contribution in [0.25, 0.3) is 17.3 Å². The maximum atomic E-state index is 5.31. The molecule has 0 saturated heterocycles. The molecular formula is C20H22N8O. The Morgan fingerprint density at radius 2 is 2.10 bits per heavy atom. The van der Waals surface area contributed by atoms with Crippen molar-refractivity contribution in [3.05, 3.63) is 72.5 Å². The fraction of sp³-hybridized carbons (Fsp3) is 0.200. The molecule has 0 amide bonds. The first-order valence-corrected chi connectivity index (χ1v) is 9.19. The minimum absolute atomic E-state index is 0.466. The van der Waals surface area contributed by atoms with Gasteiger partial charge in [0, 0.05) is 32.4 Å². The van der Waals surface area contributed by atoms with Crippen molar-refractivity contribution in [1.82, 2.24) is 35.2 Å². The summed E-state index contributed by atoms with van der Waals surface area (Å²) < 4.78 is 7.18. The van der Waals surface area contributed by atoms with Gasteiger partial charge in [-0.2, -0.15) is 5.10 Å². The zero-order valence-corrected chi connectivity index (χ0v) is 16.3. The molecule has 4 aromatic rings. The number of nitrogens with one attached hydrogen (secondary N) is 2. The lowest BCUT2D eigenvalue weighted by atomic mass is 10.3. The Bertz CT molecular complexity index is 1070. The van der Waals surface area contributed by atoms with E-state index in [0.717, 1.165) is 17.2 Å². The third-order valence-electron chi connectivity index (χ3n) is 4.34. The van der Waals surface area contributed by atoms with Crippen LogP contribution in [-0.4, -0.2) is 49.9 Å². The lowest BCUT2D eigenvalue weighted by Gasteiger charge is -2.20. The predicted molar refractivity (Wildman–Crippen MR) is 109 cm³/mol. The Morgan fingerprint density at radius 1 is 1.24 bits per heavy atom. The molecule has 2 N–H and O–H groups in total. The van der Waals surface area contributed by atoms with Gasteiger partial charge in [0.25, 0.3) is 0 Å². The van der Waals surface area contributed by atoms with Crippen molar-refractivity contribution in [2.75, 3.05) is 14.1 Å². The highest BCUT2D eigenvalue weighted by Crippen LogP contribution is 2.14. The van der Waals surface area contributed by atoms with Crippen molar-refractivity contribution >= 4 is 5.96 Å². The van der Waals surface area contributed by atoms with Crippen LogP contribution >= 0.6 is 0 Å². The van der Waals surface area contributed by atoms with E-state index >= 15 is 0 Å². The van der Waals surface area contributed by atoms with E-state index in [2.05, 4.69) is 30.6 Å². The van der Waals surface area contributed by atoms with Crippen LogP contribution in [0.15, 0.2) is 70.5 Å². The fourth-order valence-corrected chi connectivity index (χ4v) is 2.95. The molecule has 9 nitrogen and oxygen atoms in total. The summed E-state index contributed by atoms with van der Waals surface area (Å²) in [6, 6.07) is 13.7. The number of furan rings is 1. The standard InChI is InChI=1S/C20H22N8O/c1-21-20(22-12-18-24-19(26-25-18)17-9-6-10-29-17)27(2)13-15-11-23-28(14-15)16-7-4-3-5-8-16/h3-11,14H,12-13H2,1-2H3,(H,21,22)(H,24,25,26). The molecule has 0 aliphatic rings. The van der Waals surface area contributed by atoms with Crippen LogP contribution in [0.2, 0.25) is 0 Å². The maximum absolute atomic E-state index is 5.31. The van der Waals surface area contributed by atoms with Crippen LogP contribution in [0.3, 0.4) is 0 Å². The Labute approximate surface area is 168 Å². The van der Waals surface area contributed by atoms with E-state index < -0.39 is 0 Å². The summed E-state index contributed by atoms with van der Waals surface area (Å²) in [4.78, 5) is 10.8. The number of para-hydroxylation sites is 1. The zero-order valence-electron chi connectivity index (χ0n) is 16.3. The van der Waals surface area contributed by atoms with Crippen LogP contribution in [0.4, 0.5) is 0 Å². The van der Waals surface area contributed by atoms with Crippen LogP contribution < -0.4 is 5.32 Å². The van der Waals surface area contributed by atoms with Crippen molar-refractivity contribution in [3.63, 3.8) is 0 Å². The molecular weight excluding hydrogens is 368 g/mol. The number of nitrogens with zero attached hydrogens (tertiary/aromatic N) is 6. The monoisotopic (exact) mass is 390 g/mol. The highest BCUT2D eigenvalue weighted by molar-refractivity contribution is 5.79. The van der Waals surface area contributed by atoms with E-state index in [-0.39, 0.29) is 0 Å². The van der Waals surface area contributed by atoms with Crippen molar-refractivity contribution < 1.29 is 4.42 Å². The Hall–Kier alpha value is -3.88. The minimum atomic E-state index is 0.466. The number of benzene rings is 1. The predicted octanol–water partition coefficient (Wildman–Crippen LogP) is 2.46. The molecule has 0 spiro atoms. The molecule has 3 aromatic heterocycles. The molecule has 9 heteroatoms. The van der Waals surface area contributed by atoms with Crippen LogP contribution in [0.1, 0.15) is 11.4 Å². The number of guanidine groups is 1. The largest absolute Gasteiger partial charge is 0.461 e. The first-order chi connectivity index (χ1) is 14.2. The average molecular weight is 390 g/mol. The fourth-order valence-electron chi connectivity index (χ4n) is 2.95. The van der Waals surface area contributed by atoms with Gasteiger partial charge in [0.1, 0.15) is 5.82 Å². The number of hydrogen-bond donors (Lipinski definition) is 2. The van der Waals surface area contributed by atoms with Gasteiger partial charge in [-0.3, -0.25) is 10.1 Å². The molecule has 0 aliphatic carbocycles. The molecule has 0 atom stereocenters. The molecule has 3 heterocycles. The molecule has 0 radical (unpaired) electrons. The van der Waals surface area contributed by atoms with E-state index in [1.165, 1.54) is 0 Å². The molecule has 0 saturated carbocycles. The van der Waals surface area contributed by atoms with Gasteiger partial charge in [-0.15, -0.1) is 5.10 Å². The van der Waals surface area contributed by atoms with Gasteiger partial charge in [-0.1, -0.05) is 18.2 Å². The number of rotatable bonds is 6. The summed E-state index contributed by atoms with van der Waals surface area (Å²) in [5.74, 6) is 2.60. The first-order valence-electron chi connectivity index (χ1n) is 9.19. The SMILES string of the molecule is CN=C(NCc1nc(-c2ccco2)n[nH]1)N(C)Cc1cnn(-c2ccccc2)c1. The molecule has 0 bridgehead atoms. The van der Waals surface area contributed by atoms with Crippen molar-refractivity contribution in [2.45, 2.75) is 13.1 Å². The third-order valence-corrected chi connectivity index (χ3v) is 4.34. The van der Waals surface area contributed by atoms with E-state index in [0.29, 0.717) is 30.5 Å². The number of aromatic amines is 1. The molecule has 0 unspecified atom stereocenters. The molecule has 148 valence electrons. The quantitative estimate of drug-likeness (QED) is 0.387. The summed E-state index contributed by atoms with van der Waals surface area (Å²) in [6.45, 7) is 1.13. The second-order valence-corrected chi connectivity index (χ2v) is 6.47. The topological polar surface area (TPSA) is 100 Å². The van der Waals surface area contributed by atoms with E-state index in [1.807, 2.05) is 65.4 Å². The second kappa shape index (κ2) is 8.42. The number of aromatic nitrogens is 5. The highest BCUT2D eigenvalue weighted by Gasteiger charge is 2.11. The van der Waals surface area contributed by atoms with Gasteiger partial charge in [0.05, 0.1) is 24.7 Å². The van der Waals surface area contributed by atoms with E-state index in [1.54, 1.807) is 19.4 Å². The van der Waals surface area contributed by atoms with Gasteiger partial charge in [-0.05, 0) is 24.3 Å². The zero-order chi connectivity index (χ0) is 20.1. The van der Waals surface area contributed by atoms with Gasteiger partial charge < -0.3 is 14.6 Å². The molecule has 29 heavy (non-hydrogen) atoms. The summed E-state index contributed by atoms with van der Waals surface area (Å²) in [5, 5.41) is 14.8. The average Bonchev–Trinajstić information content (AvgIpc) is 3.50. The van der Waals surface area contributed by atoms with Crippen LogP contribution in [0, 0.1) is 0 Å². The lowest BCUT2D eigenvalue weighted by Crippen LogP contribution is -2.38. The maximum Gasteiger partial charge on any atom is 0.216 e. The van der Waals surface area contributed by atoms with Gasteiger partial charge in [0.2, 0.25) is 5.82 Å². The number of hydrogen-bond acceptors (Lipinski definition) is 5. The van der Waals surface area contributed by atoms with Crippen molar-refractivity contribution in [1.29, 1.82) is 0 Å². The Kier molecular flexibility index (Phi) is 5.37. The highest BCUT2D eigenvalue weighted by atomic mass is 16.3. The first kappa shape index (κ1) is 18.5. The van der Waals surface area contributed by atoms with Gasteiger partial charge >= 0.3 is 0 Å². The summed E-state index contributed by atoms with van der Waals surface area (Å²) in [5.41, 5.74) is 2.11. The summed E-state index contributed by atoms with van der Waals surface area (Å²) in [6.07, 6.45) is 5.48. The van der Waals surface area contributed by atoms with Crippen molar-refractivity contribution in [2.24, 2.45) is 4.99 Å². The normalized spacial score (nSPS) is 11.6. The molecule has 1 aromatic carbocycles. The minimum Gasteiger partial charge on any atom is -0.461 e. The van der Waals surface area contributed by atoms with Crippen LogP contribution in [0.5, 0.6) is 0 Å².